The van der Waals surface area contributed by atoms with E-state index in [9.17, 15) is 18.0 Å². The summed E-state index contributed by atoms with van der Waals surface area (Å²) < 4.78 is 55.1. The lowest BCUT2D eigenvalue weighted by Crippen LogP contribution is -2.19. The van der Waals surface area contributed by atoms with Crippen molar-refractivity contribution in [3.63, 3.8) is 0 Å². The van der Waals surface area contributed by atoms with Crippen molar-refractivity contribution in [3.05, 3.63) is 74.6 Å². The molecule has 0 spiro atoms. The third-order valence-corrected chi connectivity index (χ3v) is 7.41. The van der Waals surface area contributed by atoms with Gasteiger partial charge in [0.25, 0.3) is 5.56 Å². The first-order valence-electron chi connectivity index (χ1n) is 12.0. The fraction of sp³-hybridized carbons (Fsp3) is 0.286. The molecule has 4 aromatic rings. The van der Waals surface area contributed by atoms with Gasteiger partial charge in [0.15, 0.2) is 16.5 Å². The van der Waals surface area contributed by atoms with Crippen LogP contribution in [0.4, 0.5) is 13.2 Å². The number of para-hydroxylation sites is 1. The molecule has 1 aliphatic rings. The second kappa shape index (κ2) is 10.2. The minimum atomic E-state index is -4.81. The van der Waals surface area contributed by atoms with Crippen molar-refractivity contribution in [2.24, 2.45) is 5.92 Å². The number of halogens is 3. The Hall–Kier alpha value is -3.79. The highest BCUT2D eigenvalue weighted by Gasteiger charge is 2.31. The Morgan fingerprint density at radius 3 is 2.50 bits per heavy atom. The standard InChI is InChI=1S/C28H25F3N2O4S/c1-16-17(2)38-27-32-22(14-11-20-5-4-6-23(35-3)25(20)36-15-18-7-8-18)24(26(34)33(16)27)19-9-12-21(13-10-19)37-28(29,30)31/h4-6,9-14,18H,7-8,15H2,1-3H3. The third kappa shape index (κ3) is 5.40. The Kier molecular flexibility index (Phi) is 6.92. The highest BCUT2D eigenvalue weighted by atomic mass is 32.1. The zero-order valence-electron chi connectivity index (χ0n) is 21.0. The van der Waals surface area contributed by atoms with Gasteiger partial charge < -0.3 is 14.2 Å². The van der Waals surface area contributed by atoms with E-state index in [0.29, 0.717) is 40.2 Å². The molecule has 0 amide bonds. The van der Waals surface area contributed by atoms with Crippen LogP contribution in [0.1, 0.15) is 34.7 Å². The number of rotatable bonds is 8. The number of fused-ring (bicyclic) bond motifs is 1. The van der Waals surface area contributed by atoms with E-state index in [1.54, 1.807) is 19.3 Å². The molecule has 0 saturated heterocycles. The van der Waals surface area contributed by atoms with Gasteiger partial charge in [-0.05, 0) is 68.5 Å². The summed E-state index contributed by atoms with van der Waals surface area (Å²) in [5.74, 6) is 1.38. The first-order chi connectivity index (χ1) is 18.1. The number of alkyl halides is 3. The van der Waals surface area contributed by atoms with Gasteiger partial charge >= 0.3 is 6.36 Å². The number of thiazole rings is 1. The topological polar surface area (TPSA) is 62.1 Å². The van der Waals surface area contributed by atoms with Crippen LogP contribution >= 0.6 is 11.3 Å². The molecule has 0 unspecified atom stereocenters. The molecular weight excluding hydrogens is 517 g/mol. The van der Waals surface area contributed by atoms with Crippen molar-refractivity contribution in [1.82, 2.24) is 9.38 Å². The molecule has 198 valence electrons. The quantitative estimate of drug-likeness (QED) is 0.242. The summed E-state index contributed by atoms with van der Waals surface area (Å²) in [5.41, 5.74) is 2.28. The van der Waals surface area contributed by atoms with Gasteiger partial charge in [0.05, 0.1) is 25.0 Å². The maximum atomic E-state index is 13.7. The van der Waals surface area contributed by atoms with Crippen LogP contribution in [0.5, 0.6) is 17.2 Å². The number of nitrogens with zero attached hydrogens (tertiary/aromatic N) is 2. The predicted molar refractivity (Wildman–Crippen MR) is 141 cm³/mol. The van der Waals surface area contributed by atoms with E-state index in [-0.39, 0.29) is 16.9 Å². The van der Waals surface area contributed by atoms with E-state index in [1.807, 2.05) is 32.0 Å². The van der Waals surface area contributed by atoms with Crippen LogP contribution < -0.4 is 19.8 Å². The lowest BCUT2D eigenvalue weighted by Gasteiger charge is -2.13. The van der Waals surface area contributed by atoms with Crippen molar-refractivity contribution < 1.29 is 27.4 Å². The molecule has 0 atom stereocenters. The highest BCUT2D eigenvalue weighted by Crippen LogP contribution is 2.36. The monoisotopic (exact) mass is 542 g/mol. The highest BCUT2D eigenvalue weighted by molar-refractivity contribution is 7.17. The molecule has 5 rings (SSSR count). The smallest absolute Gasteiger partial charge is 0.493 e. The SMILES string of the molecule is COc1cccc(C=Cc2nc3sc(C)c(C)n3c(=O)c2-c2ccc(OC(F)(F)F)cc2)c1OCC1CC1. The molecule has 0 aliphatic heterocycles. The number of methoxy groups -OCH3 is 1. The summed E-state index contributed by atoms with van der Waals surface area (Å²) in [6, 6.07) is 10.8. The molecule has 0 bridgehead atoms. The van der Waals surface area contributed by atoms with E-state index in [2.05, 4.69) is 4.74 Å². The van der Waals surface area contributed by atoms with E-state index >= 15 is 0 Å². The Bertz CT molecular complexity index is 1570. The molecule has 0 N–H and O–H groups in total. The molecule has 2 aromatic heterocycles. The van der Waals surface area contributed by atoms with Gasteiger partial charge in [0.2, 0.25) is 0 Å². The number of ether oxygens (including phenoxy) is 3. The van der Waals surface area contributed by atoms with Gasteiger partial charge in [-0.2, -0.15) is 0 Å². The van der Waals surface area contributed by atoms with Crippen LogP contribution in [0.25, 0.3) is 28.2 Å². The van der Waals surface area contributed by atoms with Gasteiger partial charge in [-0.1, -0.05) is 24.3 Å². The van der Waals surface area contributed by atoms with E-state index in [4.69, 9.17) is 14.5 Å². The second-order valence-corrected chi connectivity index (χ2v) is 10.3. The zero-order chi connectivity index (χ0) is 27.0. The number of aromatic nitrogens is 2. The molecule has 2 heterocycles. The predicted octanol–water partition coefficient (Wildman–Crippen LogP) is 6.91. The van der Waals surface area contributed by atoms with Crippen molar-refractivity contribution >= 4 is 28.4 Å². The molecule has 6 nitrogen and oxygen atoms in total. The average Bonchev–Trinajstić information content (AvgIpc) is 3.65. The lowest BCUT2D eigenvalue weighted by atomic mass is 10.0. The van der Waals surface area contributed by atoms with Gasteiger partial charge in [0.1, 0.15) is 5.75 Å². The Morgan fingerprint density at radius 1 is 1.11 bits per heavy atom. The summed E-state index contributed by atoms with van der Waals surface area (Å²) in [4.78, 5) is 19.9. The molecule has 1 saturated carbocycles. The number of benzene rings is 2. The number of aryl methyl sites for hydroxylation is 2. The molecule has 38 heavy (non-hydrogen) atoms. The number of hydrogen-bond acceptors (Lipinski definition) is 6. The normalized spacial score (nSPS) is 13.8. The lowest BCUT2D eigenvalue weighted by molar-refractivity contribution is -0.274. The molecular formula is C28H25F3N2O4S. The molecule has 10 heteroatoms. The summed E-state index contributed by atoms with van der Waals surface area (Å²) in [7, 11) is 1.58. The van der Waals surface area contributed by atoms with Crippen LogP contribution in [-0.2, 0) is 0 Å². The van der Waals surface area contributed by atoms with Crippen LogP contribution in [0.2, 0.25) is 0 Å². The van der Waals surface area contributed by atoms with Gasteiger partial charge in [-0.25, -0.2) is 4.98 Å². The minimum Gasteiger partial charge on any atom is -0.493 e. The van der Waals surface area contributed by atoms with Crippen LogP contribution in [0.15, 0.2) is 47.3 Å². The Morgan fingerprint density at radius 2 is 1.84 bits per heavy atom. The van der Waals surface area contributed by atoms with Crippen molar-refractivity contribution in [2.45, 2.75) is 33.1 Å². The fourth-order valence-corrected chi connectivity index (χ4v) is 5.07. The van der Waals surface area contributed by atoms with Crippen molar-refractivity contribution in [2.75, 3.05) is 13.7 Å². The number of hydrogen-bond donors (Lipinski definition) is 0. The van der Waals surface area contributed by atoms with E-state index in [1.165, 1.54) is 40.0 Å². The molecule has 1 aliphatic carbocycles. The second-order valence-electron chi connectivity index (χ2n) is 9.08. The third-order valence-electron chi connectivity index (χ3n) is 6.36. The first kappa shape index (κ1) is 25.8. The molecule has 2 aromatic carbocycles. The van der Waals surface area contributed by atoms with Crippen LogP contribution in [-0.4, -0.2) is 29.5 Å². The maximum absolute atomic E-state index is 13.7. The summed E-state index contributed by atoms with van der Waals surface area (Å²) >= 11 is 1.40. The maximum Gasteiger partial charge on any atom is 0.573 e. The Balaban J connectivity index is 1.61. The van der Waals surface area contributed by atoms with Gasteiger partial charge in [0, 0.05) is 16.1 Å². The van der Waals surface area contributed by atoms with E-state index in [0.717, 1.165) is 29.0 Å². The van der Waals surface area contributed by atoms with Crippen molar-refractivity contribution in [3.8, 4) is 28.4 Å². The minimum absolute atomic E-state index is 0.265. The fourth-order valence-electron chi connectivity index (χ4n) is 4.10. The van der Waals surface area contributed by atoms with Gasteiger partial charge in [-0.3, -0.25) is 9.20 Å². The average molecular weight is 543 g/mol. The summed E-state index contributed by atoms with van der Waals surface area (Å²) in [5, 5.41) is 0. The largest absolute Gasteiger partial charge is 0.573 e. The molecule has 1 fully saturated rings. The Labute approximate surface area is 220 Å². The van der Waals surface area contributed by atoms with Crippen molar-refractivity contribution in [1.29, 1.82) is 0 Å². The van der Waals surface area contributed by atoms with E-state index < -0.39 is 6.36 Å². The zero-order valence-corrected chi connectivity index (χ0v) is 21.8. The summed E-state index contributed by atoms with van der Waals surface area (Å²) in [6.45, 7) is 4.34. The molecule has 0 radical (unpaired) electrons. The summed E-state index contributed by atoms with van der Waals surface area (Å²) in [6.07, 6.45) is 1.01. The van der Waals surface area contributed by atoms with Crippen LogP contribution in [0.3, 0.4) is 0 Å². The van der Waals surface area contributed by atoms with Crippen LogP contribution in [0, 0.1) is 19.8 Å². The first-order valence-corrected chi connectivity index (χ1v) is 12.8. The van der Waals surface area contributed by atoms with Gasteiger partial charge in [-0.15, -0.1) is 24.5 Å².